The maximum atomic E-state index is 11.5. The molecule has 0 N–H and O–H groups in total. The molecule has 0 spiro atoms. The lowest BCUT2D eigenvalue weighted by Gasteiger charge is -2.08. The van der Waals surface area contributed by atoms with Gasteiger partial charge in [0.25, 0.3) is 0 Å². The normalized spacial score (nSPS) is 10.0. The summed E-state index contributed by atoms with van der Waals surface area (Å²) in [6.45, 7) is -0.897. The van der Waals surface area contributed by atoms with E-state index in [1.165, 1.54) is 12.1 Å². The van der Waals surface area contributed by atoms with Gasteiger partial charge in [-0.1, -0.05) is 41.4 Å². The Balaban J connectivity index is 1.73. The second kappa shape index (κ2) is 8.41. The van der Waals surface area contributed by atoms with Gasteiger partial charge in [-0.25, -0.2) is 9.59 Å². The molecule has 0 heterocycles. The molecule has 5 nitrogen and oxygen atoms in total. The lowest BCUT2D eigenvalue weighted by molar-refractivity contribution is -0.155. The molecule has 0 saturated carbocycles. The Bertz CT molecular complexity index is 688. The van der Waals surface area contributed by atoms with Crippen LogP contribution in [-0.2, 0) is 14.3 Å². The summed E-state index contributed by atoms with van der Waals surface area (Å²) < 4.78 is 14.9. The number of rotatable bonds is 6. The Morgan fingerprint density at radius 1 is 0.913 bits per heavy atom. The van der Waals surface area contributed by atoms with Crippen LogP contribution in [0.25, 0.3) is 0 Å². The summed E-state index contributed by atoms with van der Waals surface area (Å²) in [7, 11) is 0. The van der Waals surface area contributed by atoms with Crippen LogP contribution in [0.4, 0.5) is 0 Å². The van der Waals surface area contributed by atoms with Crippen LogP contribution in [0.5, 0.6) is 11.5 Å². The van der Waals surface area contributed by atoms with Crippen LogP contribution in [0.1, 0.15) is 0 Å². The first-order chi connectivity index (χ1) is 11.0. The van der Waals surface area contributed by atoms with Crippen molar-refractivity contribution in [2.24, 2.45) is 0 Å². The molecule has 0 atom stereocenters. The molecule has 7 heteroatoms. The summed E-state index contributed by atoms with van der Waals surface area (Å²) in [5.41, 5.74) is 0. The molecule has 0 aliphatic heterocycles. The van der Waals surface area contributed by atoms with Gasteiger partial charge in [-0.3, -0.25) is 0 Å². The van der Waals surface area contributed by atoms with Gasteiger partial charge in [-0.2, -0.15) is 0 Å². The molecule has 0 bridgehead atoms. The largest absolute Gasteiger partial charge is 0.480 e. The van der Waals surface area contributed by atoms with Gasteiger partial charge in [0.05, 0.1) is 5.02 Å². The molecule has 0 aliphatic rings. The van der Waals surface area contributed by atoms with E-state index in [9.17, 15) is 9.59 Å². The van der Waals surface area contributed by atoms with Crippen molar-refractivity contribution < 1.29 is 23.8 Å². The van der Waals surface area contributed by atoms with Gasteiger partial charge in [0.2, 0.25) is 0 Å². The second-order valence-electron chi connectivity index (χ2n) is 4.31. The first-order valence-electron chi connectivity index (χ1n) is 6.54. The Morgan fingerprint density at radius 2 is 1.65 bits per heavy atom. The zero-order chi connectivity index (χ0) is 16.7. The summed E-state index contributed by atoms with van der Waals surface area (Å²) in [6, 6.07) is 13.1. The molecule has 2 aromatic carbocycles. The zero-order valence-corrected chi connectivity index (χ0v) is 13.3. The van der Waals surface area contributed by atoms with E-state index in [-0.39, 0.29) is 11.6 Å². The van der Waals surface area contributed by atoms with Crippen molar-refractivity contribution in [3.63, 3.8) is 0 Å². The molecule has 0 amide bonds. The van der Waals surface area contributed by atoms with Gasteiger partial charge in [0.1, 0.15) is 11.5 Å². The second-order valence-corrected chi connectivity index (χ2v) is 5.15. The summed E-state index contributed by atoms with van der Waals surface area (Å²) >= 11 is 11.6. The number of hydrogen-bond acceptors (Lipinski definition) is 5. The predicted octanol–water partition coefficient (Wildman–Crippen LogP) is 3.52. The van der Waals surface area contributed by atoms with E-state index in [0.717, 1.165) is 0 Å². The van der Waals surface area contributed by atoms with Crippen molar-refractivity contribution in [1.82, 2.24) is 0 Å². The third-order valence-electron chi connectivity index (χ3n) is 2.57. The summed E-state index contributed by atoms with van der Waals surface area (Å²) in [4.78, 5) is 23.0. The first-order valence-corrected chi connectivity index (χ1v) is 7.29. The summed E-state index contributed by atoms with van der Waals surface area (Å²) in [6.07, 6.45) is 0. The quantitative estimate of drug-likeness (QED) is 0.586. The number of halogens is 2. The molecule has 0 saturated heterocycles. The van der Waals surface area contributed by atoms with Crippen molar-refractivity contribution in [2.75, 3.05) is 13.2 Å². The molecule has 120 valence electrons. The first kappa shape index (κ1) is 17.1. The summed E-state index contributed by atoms with van der Waals surface area (Å²) in [5, 5.41) is 0.724. The smallest absolute Gasteiger partial charge is 0.349 e. The maximum absolute atomic E-state index is 11.5. The average Bonchev–Trinajstić information content (AvgIpc) is 2.53. The van der Waals surface area contributed by atoms with E-state index in [0.29, 0.717) is 16.5 Å². The third-order valence-corrected chi connectivity index (χ3v) is 3.10. The Morgan fingerprint density at radius 3 is 2.35 bits per heavy atom. The highest BCUT2D eigenvalue weighted by Crippen LogP contribution is 2.27. The highest BCUT2D eigenvalue weighted by atomic mass is 35.5. The molecule has 0 radical (unpaired) electrons. The van der Waals surface area contributed by atoms with Crippen LogP contribution in [0.15, 0.2) is 48.5 Å². The van der Waals surface area contributed by atoms with Crippen molar-refractivity contribution in [3.8, 4) is 11.5 Å². The zero-order valence-electron chi connectivity index (χ0n) is 11.8. The predicted molar refractivity (Wildman–Crippen MR) is 85.0 cm³/mol. The van der Waals surface area contributed by atoms with Crippen molar-refractivity contribution in [3.05, 3.63) is 58.6 Å². The highest BCUT2D eigenvalue weighted by molar-refractivity contribution is 6.35. The molecule has 2 rings (SSSR count). The van der Waals surface area contributed by atoms with Crippen LogP contribution in [0.3, 0.4) is 0 Å². The number of para-hydroxylation sites is 1. The van der Waals surface area contributed by atoms with Gasteiger partial charge in [0.15, 0.2) is 13.2 Å². The third kappa shape index (κ3) is 5.81. The van der Waals surface area contributed by atoms with Gasteiger partial charge < -0.3 is 14.2 Å². The van der Waals surface area contributed by atoms with Crippen molar-refractivity contribution in [2.45, 2.75) is 0 Å². The van der Waals surface area contributed by atoms with Crippen LogP contribution in [0.2, 0.25) is 10.0 Å². The molecular formula is C16H12Cl2O5. The summed E-state index contributed by atoms with van der Waals surface area (Å²) in [5.74, 6) is -0.743. The Hall–Kier alpha value is -2.24. The van der Waals surface area contributed by atoms with Gasteiger partial charge >= 0.3 is 11.9 Å². The standard InChI is InChI=1S/C16H12Cl2O5/c17-11-6-7-14(13(18)8-11)21-9-15(19)22-10-16(20)23-12-4-2-1-3-5-12/h1-8H,9-10H2. The Kier molecular flexibility index (Phi) is 6.26. The fourth-order valence-corrected chi connectivity index (χ4v) is 2.02. The van der Waals surface area contributed by atoms with Crippen molar-refractivity contribution in [1.29, 1.82) is 0 Å². The van der Waals surface area contributed by atoms with Crippen molar-refractivity contribution >= 4 is 35.1 Å². The van der Waals surface area contributed by atoms with Gasteiger partial charge in [-0.05, 0) is 30.3 Å². The van der Waals surface area contributed by atoms with E-state index in [2.05, 4.69) is 0 Å². The van der Waals surface area contributed by atoms with E-state index < -0.39 is 18.5 Å². The van der Waals surface area contributed by atoms with Gasteiger partial charge in [0, 0.05) is 5.02 Å². The minimum atomic E-state index is -0.721. The van der Waals surface area contributed by atoms with Crippen LogP contribution in [-0.4, -0.2) is 25.2 Å². The fourth-order valence-electron chi connectivity index (χ4n) is 1.56. The number of hydrogen-bond donors (Lipinski definition) is 0. The fraction of sp³-hybridized carbons (Fsp3) is 0.125. The van der Waals surface area contributed by atoms with Crippen LogP contribution < -0.4 is 9.47 Å². The SMILES string of the molecule is O=C(COc1ccc(Cl)cc1Cl)OCC(=O)Oc1ccccc1. The van der Waals surface area contributed by atoms with E-state index in [1.807, 2.05) is 0 Å². The number of carbonyl (C=O) groups excluding carboxylic acids is 2. The minimum absolute atomic E-state index is 0.272. The van der Waals surface area contributed by atoms with E-state index in [4.69, 9.17) is 37.4 Å². The molecule has 0 aromatic heterocycles. The van der Waals surface area contributed by atoms with Crippen LogP contribution >= 0.6 is 23.2 Å². The Labute approximate surface area is 142 Å². The molecule has 0 aliphatic carbocycles. The maximum Gasteiger partial charge on any atom is 0.349 e. The highest BCUT2D eigenvalue weighted by Gasteiger charge is 2.11. The van der Waals surface area contributed by atoms with E-state index >= 15 is 0 Å². The number of esters is 2. The lowest BCUT2D eigenvalue weighted by Crippen LogP contribution is -2.22. The molecular weight excluding hydrogens is 343 g/mol. The topological polar surface area (TPSA) is 61.8 Å². The number of benzene rings is 2. The monoisotopic (exact) mass is 354 g/mol. The number of ether oxygens (including phenoxy) is 3. The molecule has 23 heavy (non-hydrogen) atoms. The average molecular weight is 355 g/mol. The number of carbonyl (C=O) groups is 2. The lowest BCUT2D eigenvalue weighted by atomic mass is 10.3. The van der Waals surface area contributed by atoms with Gasteiger partial charge in [-0.15, -0.1) is 0 Å². The van der Waals surface area contributed by atoms with Crippen LogP contribution in [0, 0.1) is 0 Å². The minimum Gasteiger partial charge on any atom is -0.480 e. The van der Waals surface area contributed by atoms with E-state index in [1.54, 1.807) is 36.4 Å². The molecule has 0 unspecified atom stereocenters. The molecule has 2 aromatic rings. The molecule has 0 fully saturated rings.